The predicted octanol–water partition coefficient (Wildman–Crippen LogP) is 3.27. The zero-order valence-corrected chi connectivity index (χ0v) is 19.1. The zero-order chi connectivity index (χ0) is 23.5. The topological polar surface area (TPSA) is 101 Å². The lowest BCUT2D eigenvalue weighted by molar-refractivity contribution is -0.757. The molecule has 3 aromatic heterocycles. The summed E-state index contributed by atoms with van der Waals surface area (Å²) in [6, 6.07) is 15.5. The lowest BCUT2D eigenvalue weighted by Gasteiger charge is -2.21. The highest BCUT2D eigenvalue weighted by molar-refractivity contribution is 7.98. The Balaban J connectivity index is 1.48. The van der Waals surface area contributed by atoms with E-state index in [2.05, 4.69) is 30.7 Å². The van der Waals surface area contributed by atoms with Gasteiger partial charge in [-0.15, -0.1) is 4.68 Å². The number of pyridine rings is 2. The van der Waals surface area contributed by atoms with E-state index >= 15 is 0 Å². The van der Waals surface area contributed by atoms with E-state index in [0.29, 0.717) is 39.4 Å². The van der Waals surface area contributed by atoms with Crippen LogP contribution in [0.3, 0.4) is 0 Å². The molecule has 0 saturated heterocycles. The summed E-state index contributed by atoms with van der Waals surface area (Å²) in [7, 11) is 0. The van der Waals surface area contributed by atoms with E-state index in [-0.39, 0.29) is 11.7 Å². The molecule has 170 valence electrons. The molecule has 1 amide bonds. The Morgan fingerprint density at radius 2 is 2.06 bits per heavy atom. The second kappa shape index (κ2) is 9.44. The van der Waals surface area contributed by atoms with E-state index in [0.717, 1.165) is 5.69 Å². The quantitative estimate of drug-likeness (QED) is 0.294. The Morgan fingerprint density at radius 3 is 2.82 bits per heavy atom. The number of carbonyl (C=O) groups excluding carboxylic acids is 1. The second-order valence-electron chi connectivity index (χ2n) is 7.68. The van der Waals surface area contributed by atoms with Crippen molar-refractivity contribution in [2.75, 3.05) is 10.6 Å². The maximum absolute atomic E-state index is 14.1. The van der Waals surface area contributed by atoms with Crippen molar-refractivity contribution in [3.8, 4) is 0 Å². The molecule has 34 heavy (non-hydrogen) atoms. The number of fused-ring (bicyclic) bond motifs is 1. The van der Waals surface area contributed by atoms with Crippen molar-refractivity contribution in [2.45, 2.75) is 23.9 Å². The van der Waals surface area contributed by atoms with E-state index in [1.54, 1.807) is 41.3 Å². The van der Waals surface area contributed by atoms with Crippen LogP contribution in [-0.2, 0) is 10.5 Å². The van der Waals surface area contributed by atoms with Gasteiger partial charge in [-0.2, -0.15) is 0 Å². The molecule has 0 fully saturated rings. The van der Waals surface area contributed by atoms with Crippen LogP contribution in [0.25, 0.3) is 0 Å². The third kappa shape index (κ3) is 4.40. The van der Waals surface area contributed by atoms with Gasteiger partial charge in [-0.05, 0) is 41.7 Å². The molecular formula is C24H22FN7OS+2. The van der Waals surface area contributed by atoms with Gasteiger partial charge in [0.1, 0.15) is 11.4 Å². The van der Waals surface area contributed by atoms with Gasteiger partial charge >= 0.3 is 5.95 Å². The van der Waals surface area contributed by atoms with Gasteiger partial charge in [0.2, 0.25) is 11.7 Å². The van der Waals surface area contributed by atoms with E-state index in [1.165, 1.54) is 17.8 Å². The fourth-order valence-corrected chi connectivity index (χ4v) is 4.64. The minimum Gasteiger partial charge on any atom is -0.321 e. The Bertz CT molecular complexity index is 1360. The summed E-state index contributed by atoms with van der Waals surface area (Å²) >= 11 is 1.39. The van der Waals surface area contributed by atoms with Crippen LogP contribution < -0.4 is 20.3 Å². The summed E-state index contributed by atoms with van der Waals surface area (Å²) in [5, 5.41) is 10.0. The van der Waals surface area contributed by atoms with Crippen molar-refractivity contribution in [1.29, 1.82) is 0 Å². The van der Waals surface area contributed by atoms with Crippen LogP contribution in [0.1, 0.15) is 24.2 Å². The normalized spacial score (nSPS) is 14.9. The number of hydrogen-bond donors (Lipinski definition) is 3. The number of benzene rings is 1. The van der Waals surface area contributed by atoms with Crippen LogP contribution >= 0.6 is 11.8 Å². The van der Waals surface area contributed by atoms with Crippen molar-refractivity contribution in [3.05, 3.63) is 102 Å². The number of H-pyrrole nitrogens is 2. The average molecular weight is 476 g/mol. The van der Waals surface area contributed by atoms with E-state index in [1.807, 2.05) is 37.4 Å². The lowest BCUT2D eigenvalue weighted by Crippen LogP contribution is -2.52. The third-order valence-corrected chi connectivity index (χ3v) is 6.31. The number of anilines is 2. The standard InChI is InChI=1S/C24H20FN7OS/c1-15-20(22(33)29-17-8-6-11-26-13-17)21(19-10-4-5-12-27-19)32-23(28-15)30-24(31-32)34-14-16-7-2-3-9-18(16)25/h2-13,21H,14H2,1H3,(H2,28,29,30,31,33)/p+2. The second-order valence-corrected chi connectivity index (χ2v) is 8.65. The van der Waals surface area contributed by atoms with Gasteiger partial charge in [0.05, 0.1) is 17.6 Å². The Hall–Kier alpha value is -4.05. The van der Waals surface area contributed by atoms with E-state index in [4.69, 9.17) is 0 Å². The van der Waals surface area contributed by atoms with Crippen molar-refractivity contribution in [2.24, 2.45) is 0 Å². The highest BCUT2D eigenvalue weighted by Crippen LogP contribution is 2.30. The minimum absolute atomic E-state index is 0.249. The molecule has 0 bridgehead atoms. The highest BCUT2D eigenvalue weighted by Gasteiger charge is 2.42. The van der Waals surface area contributed by atoms with E-state index < -0.39 is 6.04 Å². The third-order valence-electron chi connectivity index (χ3n) is 5.40. The summed E-state index contributed by atoms with van der Waals surface area (Å²) in [5.41, 5.74) is 3.21. The number of carbonyl (C=O) groups is 1. The first kappa shape index (κ1) is 21.8. The molecule has 8 nitrogen and oxygen atoms in total. The van der Waals surface area contributed by atoms with Crippen molar-refractivity contribution in [1.82, 2.24) is 15.1 Å². The number of hydrogen-bond acceptors (Lipinski definition) is 5. The molecule has 4 N–H and O–H groups in total. The van der Waals surface area contributed by atoms with E-state index in [9.17, 15) is 9.18 Å². The number of nitrogens with zero attached hydrogens (tertiary/aromatic N) is 3. The summed E-state index contributed by atoms with van der Waals surface area (Å²) in [5.74, 6) is 0.478. The zero-order valence-electron chi connectivity index (χ0n) is 18.2. The van der Waals surface area contributed by atoms with Crippen LogP contribution in [0.4, 0.5) is 16.0 Å². The van der Waals surface area contributed by atoms with Crippen molar-refractivity contribution >= 4 is 29.3 Å². The van der Waals surface area contributed by atoms with Crippen LogP contribution in [0, 0.1) is 5.82 Å². The summed E-state index contributed by atoms with van der Waals surface area (Å²) in [4.78, 5) is 25.3. The molecule has 0 spiro atoms. The maximum Gasteiger partial charge on any atom is 0.417 e. The fraction of sp³-hybridized carbons (Fsp3) is 0.125. The summed E-state index contributed by atoms with van der Waals surface area (Å²) < 4.78 is 15.9. The molecule has 1 aliphatic rings. The lowest BCUT2D eigenvalue weighted by atomic mass is 9.98. The number of aromatic nitrogens is 5. The number of aromatic amines is 2. The number of halogens is 1. The SMILES string of the molecule is CC1=C(C(=O)Nc2cccnc2)C(c2cccc[nH+]2)[n+]2[nH]c(SCc3ccccc3F)nc2N1. The molecular weight excluding hydrogens is 453 g/mol. The molecule has 5 rings (SSSR count). The number of amides is 1. The number of nitrogens with one attached hydrogen (secondary N) is 4. The highest BCUT2D eigenvalue weighted by atomic mass is 32.2. The van der Waals surface area contributed by atoms with Crippen LogP contribution in [0.2, 0.25) is 0 Å². The first-order valence-electron chi connectivity index (χ1n) is 10.6. The molecule has 0 saturated carbocycles. The maximum atomic E-state index is 14.1. The molecule has 1 aromatic carbocycles. The van der Waals surface area contributed by atoms with Gasteiger partial charge in [-0.3, -0.25) is 9.78 Å². The average Bonchev–Trinajstić information content (AvgIpc) is 3.26. The first-order chi connectivity index (χ1) is 16.6. The molecule has 4 heterocycles. The Labute approximate surface area is 199 Å². The molecule has 10 heteroatoms. The molecule has 1 aliphatic heterocycles. The monoisotopic (exact) mass is 475 g/mol. The van der Waals surface area contributed by atoms with Gasteiger partial charge < -0.3 is 5.32 Å². The van der Waals surface area contributed by atoms with Gasteiger partial charge in [0, 0.05) is 24.1 Å². The van der Waals surface area contributed by atoms with Crippen LogP contribution in [0.5, 0.6) is 0 Å². The summed E-state index contributed by atoms with van der Waals surface area (Å²) in [6.45, 7) is 1.85. The smallest absolute Gasteiger partial charge is 0.321 e. The molecule has 0 radical (unpaired) electrons. The number of thioether (sulfide) groups is 1. The summed E-state index contributed by atoms with van der Waals surface area (Å²) in [6.07, 6.45) is 5.06. The van der Waals surface area contributed by atoms with Crippen molar-refractivity contribution in [3.63, 3.8) is 0 Å². The number of allylic oxidation sites excluding steroid dienone is 1. The molecule has 1 atom stereocenters. The van der Waals surface area contributed by atoms with Gasteiger partial charge in [-0.1, -0.05) is 30.0 Å². The van der Waals surface area contributed by atoms with Gasteiger partial charge in [0.25, 0.3) is 11.1 Å². The van der Waals surface area contributed by atoms with Crippen LogP contribution in [0.15, 0.2) is 89.6 Å². The molecule has 0 aliphatic carbocycles. The molecule has 1 unspecified atom stereocenters. The first-order valence-corrected chi connectivity index (χ1v) is 11.6. The van der Waals surface area contributed by atoms with Gasteiger partial charge in [-0.25, -0.2) is 19.8 Å². The number of rotatable bonds is 6. The largest absolute Gasteiger partial charge is 0.417 e. The minimum atomic E-state index is -0.482. The van der Waals surface area contributed by atoms with Crippen molar-refractivity contribution < 1.29 is 18.9 Å². The van der Waals surface area contributed by atoms with Gasteiger partial charge in [0.15, 0.2) is 6.20 Å². The predicted molar refractivity (Wildman–Crippen MR) is 125 cm³/mol. The van der Waals surface area contributed by atoms with Crippen LogP contribution in [-0.4, -0.2) is 21.0 Å². The Kier molecular flexibility index (Phi) is 6.05. The Morgan fingerprint density at radius 1 is 1.21 bits per heavy atom. The fourth-order valence-electron chi connectivity index (χ4n) is 3.80. The molecule has 4 aromatic rings.